The van der Waals surface area contributed by atoms with Gasteiger partial charge in [0.25, 0.3) is 0 Å². The van der Waals surface area contributed by atoms with Gasteiger partial charge in [-0.15, -0.1) is 30.6 Å². The van der Waals surface area contributed by atoms with E-state index in [2.05, 4.69) is 59.2 Å². The largest absolute Gasteiger partial charge is 0.356 e. The van der Waals surface area contributed by atoms with Crippen LogP contribution in [0.15, 0.2) is 48.0 Å². The molecule has 0 aromatic heterocycles. The smallest absolute Gasteiger partial charge is 0.193 e. The van der Waals surface area contributed by atoms with Gasteiger partial charge in [-0.2, -0.15) is 0 Å². The Morgan fingerprint density at radius 1 is 1.29 bits per heavy atom. The Morgan fingerprint density at radius 2 is 2.00 bits per heavy atom. The van der Waals surface area contributed by atoms with E-state index in [1.54, 1.807) is 0 Å². The molecule has 0 amide bonds. The van der Waals surface area contributed by atoms with Crippen LogP contribution < -0.4 is 5.32 Å². The Morgan fingerprint density at radius 3 is 2.62 bits per heavy atom. The molecule has 21 heavy (non-hydrogen) atoms. The number of halogens is 1. The molecular formula is C17H28IN3. The van der Waals surface area contributed by atoms with E-state index in [1.807, 2.05) is 13.1 Å². The fourth-order valence-electron chi connectivity index (χ4n) is 2.10. The lowest BCUT2D eigenvalue weighted by atomic mass is 10.1. The first-order chi connectivity index (χ1) is 9.77. The zero-order valence-electron chi connectivity index (χ0n) is 13.2. The quantitative estimate of drug-likeness (QED) is 0.237. The van der Waals surface area contributed by atoms with E-state index in [0.717, 1.165) is 44.7 Å². The van der Waals surface area contributed by atoms with Crippen LogP contribution in [0.2, 0.25) is 0 Å². The van der Waals surface area contributed by atoms with Crippen LogP contribution in [-0.2, 0) is 6.42 Å². The Hall–Kier alpha value is -1.04. The number of aryl methyl sites for hydroxylation is 1. The van der Waals surface area contributed by atoms with E-state index in [1.165, 1.54) is 5.56 Å². The first-order valence-corrected chi connectivity index (χ1v) is 7.34. The SMILES string of the molecule is C=CCCCN(C)C(=NC)NCCCc1ccccc1.I. The van der Waals surface area contributed by atoms with Gasteiger partial charge in [-0.3, -0.25) is 4.99 Å². The predicted molar refractivity (Wildman–Crippen MR) is 104 cm³/mol. The number of unbranched alkanes of at least 4 members (excludes halogenated alkanes) is 1. The first-order valence-electron chi connectivity index (χ1n) is 7.34. The maximum Gasteiger partial charge on any atom is 0.193 e. The van der Waals surface area contributed by atoms with Crippen LogP contribution >= 0.6 is 24.0 Å². The molecule has 1 aromatic rings. The van der Waals surface area contributed by atoms with Crippen molar-refractivity contribution in [3.05, 3.63) is 48.6 Å². The Balaban J connectivity index is 0.00000400. The molecule has 0 unspecified atom stereocenters. The number of rotatable bonds is 8. The Bertz CT molecular complexity index is 404. The normalized spacial score (nSPS) is 10.7. The third-order valence-electron chi connectivity index (χ3n) is 3.24. The summed E-state index contributed by atoms with van der Waals surface area (Å²) in [5.74, 6) is 0.974. The summed E-state index contributed by atoms with van der Waals surface area (Å²) in [6.07, 6.45) is 6.35. The van der Waals surface area contributed by atoms with Crippen molar-refractivity contribution < 1.29 is 0 Å². The number of hydrogen-bond acceptors (Lipinski definition) is 1. The zero-order chi connectivity index (χ0) is 14.6. The van der Waals surface area contributed by atoms with E-state index in [-0.39, 0.29) is 24.0 Å². The number of benzene rings is 1. The number of nitrogens with one attached hydrogen (secondary N) is 1. The van der Waals surface area contributed by atoms with E-state index in [0.29, 0.717) is 0 Å². The van der Waals surface area contributed by atoms with E-state index in [4.69, 9.17) is 0 Å². The molecule has 118 valence electrons. The number of hydrogen-bond donors (Lipinski definition) is 1. The molecular weight excluding hydrogens is 373 g/mol. The number of guanidine groups is 1. The molecule has 0 saturated carbocycles. The van der Waals surface area contributed by atoms with Crippen LogP contribution in [-0.4, -0.2) is 38.0 Å². The lowest BCUT2D eigenvalue weighted by Crippen LogP contribution is -2.39. The average Bonchev–Trinajstić information content (AvgIpc) is 2.48. The van der Waals surface area contributed by atoms with Crippen molar-refractivity contribution in [2.45, 2.75) is 25.7 Å². The topological polar surface area (TPSA) is 27.6 Å². The van der Waals surface area contributed by atoms with E-state index >= 15 is 0 Å². The van der Waals surface area contributed by atoms with Crippen molar-refractivity contribution in [2.75, 3.05) is 27.2 Å². The molecule has 1 N–H and O–H groups in total. The standard InChI is InChI=1S/C17H27N3.HI/c1-4-5-9-15-20(3)17(18-2)19-14-10-13-16-11-7-6-8-12-16;/h4,6-8,11-12H,1,5,9-10,13-15H2,2-3H3,(H,18,19);1H. The fraction of sp³-hybridized carbons (Fsp3) is 0.471. The molecule has 0 aliphatic heterocycles. The summed E-state index contributed by atoms with van der Waals surface area (Å²) in [4.78, 5) is 6.49. The highest BCUT2D eigenvalue weighted by molar-refractivity contribution is 14.0. The maximum absolute atomic E-state index is 4.32. The lowest BCUT2D eigenvalue weighted by Gasteiger charge is -2.21. The van der Waals surface area contributed by atoms with Crippen molar-refractivity contribution in [3.8, 4) is 0 Å². The molecule has 0 saturated heterocycles. The predicted octanol–water partition coefficient (Wildman–Crippen LogP) is 3.71. The Labute approximate surface area is 146 Å². The molecule has 1 aromatic carbocycles. The highest BCUT2D eigenvalue weighted by Gasteiger charge is 2.04. The average molecular weight is 401 g/mol. The molecule has 0 aliphatic carbocycles. The summed E-state index contributed by atoms with van der Waals surface area (Å²) in [5, 5.41) is 3.42. The van der Waals surface area contributed by atoms with Gasteiger partial charge in [0, 0.05) is 27.2 Å². The van der Waals surface area contributed by atoms with Crippen LogP contribution in [0.1, 0.15) is 24.8 Å². The minimum atomic E-state index is 0. The summed E-state index contributed by atoms with van der Waals surface area (Å²) in [6, 6.07) is 10.6. The minimum absolute atomic E-state index is 0. The van der Waals surface area contributed by atoms with Crippen LogP contribution in [0.4, 0.5) is 0 Å². The summed E-state index contributed by atoms with van der Waals surface area (Å²) < 4.78 is 0. The molecule has 1 rings (SSSR count). The van der Waals surface area contributed by atoms with Crippen LogP contribution in [0.3, 0.4) is 0 Å². The van der Waals surface area contributed by atoms with E-state index in [9.17, 15) is 0 Å². The van der Waals surface area contributed by atoms with Gasteiger partial charge < -0.3 is 10.2 Å². The number of nitrogens with zero attached hydrogens (tertiary/aromatic N) is 2. The highest BCUT2D eigenvalue weighted by atomic mass is 127. The summed E-state index contributed by atoms with van der Waals surface area (Å²) in [6.45, 7) is 5.70. The summed E-state index contributed by atoms with van der Waals surface area (Å²) in [7, 11) is 3.92. The molecule has 4 heteroatoms. The van der Waals surface area contributed by atoms with Gasteiger partial charge >= 0.3 is 0 Å². The molecule has 0 atom stereocenters. The van der Waals surface area contributed by atoms with Crippen LogP contribution in [0, 0.1) is 0 Å². The first kappa shape index (κ1) is 20.0. The molecule has 0 bridgehead atoms. The second-order valence-corrected chi connectivity index (χ2v) is 4.92. The monoisotopic (exact) mass is 401 g/mol. The summed E-state index contributed by atoms with van der Waals surface area (Å²) >= 11 is 0. The number of allylic oxidation sites excluding steroid dienone is 1. The van der Waals surface area contributed by atoms with Crippen molar-refractivity contribution >= 4 is 29.9 Å². The fourth-order valence-corrected chi connectivity index (χ4v) is 2.10. The van der Waals surface area contributed by atoms with Crippen LogP contribution in [0.25, 0.3) is 0 Å². The maximum atomic E-state index is 4.32. The van der Waals surface area contributed by atoms with Gasteiger partial charge in [0.15, 0.2) is 5.96 Å². The second kappa shape index (κ2) is 12.7. The van der Waals surface area contributed by atoms with Crippen LogP contribution in [0.5, 0.6) is 0 Å². The second-order valence-electron chi connectivity index (χ2n) is 4.92. The third-order valence-corrected chi connectivity index (χ3v) is 3.24. The number of aliphatic imine (C=N–C) groups is 1. The molecule has 0 radical (unpaired) electrons. The minimum Gasteiger partial charge on any atom is -0.356 e. The van der Waals surface area contributed by atoms with E-state index < -0.39 is 0 Å². The molecule has 0 spiro atoms. The third kappa shape index (κ3) is 8.75. The molecule has 0 fully saturated rings. The zero-order valence-corrected chi connectivity index (χ0v) is 15.5. The van der Waals surface area contributed by atoms with Gasteiger partial charge in [-0.1, -0.05) is 36.4 Å². The van der Waals surface area contributed by atoms with Crippen molar-refractivity contribution in [3.63, 3.8) is 0 Å². The molecule has 0 heterocycles. The lowest BCUT2D eigenvalue weighted by molar-refractivity contribution is 0.469. The Kier molecular flexibility index (Phi) is 12.1. The van der Waals surface area contributed by atoms with Crippen molar-refractivity contribution in [1.29, 1.82) is 0 Å². The van der Waals surface area contributed by atoms with Gasteiger partial charge in [0.2, 0.25) is 0 Å². The van der Waals surface area contributed by atoms with Gasteiger partial charge in [0.05, 0.1) is 0 Å². The highest BCUT2D eigenvalue weighted by Crippen LogP contribution is 2.01. The van der Waals surface area contributed by atoms with Crippen molar-refractivity contribution in [1.82, 2.24) is 10.2 Å². The summed E-state index contributed by atoms with van der Waals surface area (Å²) in [5.41, 5.74) is 1.39. The van der Waals surface area contributed by atoms with Gasteiger partial charge in [0.1, 0.15) is 0 Å². The van der Waals surface area contributed by atoms with Gasteiger partial charge in [-0.25, -0.2) is 0 Å². The van der Waals surface area contributed by atoms with Gasteiger partial charge in [-0.05, 0) is 31.2 Å². The molecule has 0 aliphatic rings. The molecule has 3 nitrogen and oxygen atoms in total. The van der Waals surface area contributed by atoms with Crippen molar-refractivity contribution in [2.24, 2.45) is 4.99 Å².